The molecule has 0 aliphatic rings. The topological polar surface area (TPSA) is 57.1 Å². The van der Waals surface area contributed by atoms with E-state index in [2.05, 4.69) is 20.9 Å². The third kappa shape index (κ3) is 3.07. The van der Waals surface area contributed by atoms with E-state index in [1.54, 1.807) is 6.92 Å². The zero-order valence-electron chi connectivity index (χ0n) is 7.53. The normalized spacial score (nSPS) is 9.21. The molecule has 0 fully saturated rings. The van der Waals surface area contributed by atoms with Gasteiger partial charge in [0.25, 0.3) is 0 Å². The molecule has 0 aliphatic carbocycles. The van der Waals surface area contributed by atoms with Gasteiger partial charge in [-0.1, -0.05) is 5.92 Å². The summed E-state index contributed by atoms with van der Waals surface area (Å²) in [6.45, 7) is 2.32. The Labute approximate surface area is 86.4 Å². The number of nitrogens with zero attached hydrogens (tertiary/aromatic N) is 3. The van der Waals surface area contributed by atoms with Crippen molar-refractivity contribution in [2.24, 2.45) is 0 Å². The summed E-state index contributed by atoms with van der Waals surface area (Å²) in [5.41, 5.74) is 0. The van der Waals surface area contributed by atoms with Crippen LogP contribution >= 0.6 is 11.6 Å². The van der Waals surface area contributed by atoms with Crippen molar-refractivity contribution < 1.29 is 9.47 Å². The molecule has 6 heteroatoms. The lowest BCUT2D eigenvalue weighted by atomic mass is 10.7. The third-order valence-corrected chi connectivity index (χ3v) is 1.29. The van der Waals surface area contributed by atoms with Crippen molar-refractivity contribution in [1.82, 2.24) is 15.0 Å². The van der Waals surface area contributed by atoms with Crippen LogP contribution in [0.1, 0.15) is 6.92 Å². The summed E-state index contributed by atoms with van der Waals surface area (Å²) in [6, 6.07) is 0.186. The monoisotopic (exact) mass is 213 g/mol. The van der Waals surface area contributed by atoms with Gasteiger partial charge in [0.05, 0.1) is 6.61 Å². The summed E-state index contributed by atoms with van der Waals surface area (Å²) in [7, 11) is 0. The van der Waals surface area contributed by atoms with Crippen LogP contribution < -0.4 is 9.47 Å². The van der Waals surface area contributed by atoms with Crippen molar-refractivity contribution >= 4 is 11.6 Å². The van der Waals surface area contributed by atoms with Crippen molar-refractivity contribution in [3.8, 4) is 24.4 Å². The molecule has 0 spiro atoms. The van der Waals surface area contributed by atoms with Gasteiger partial charge in [0.1, 0.15) is 0 Å². The molecule has 0 amide bonds. The largest absolute Gasteiger partial charge is 0.464 e. The molecule has 1 rings (SSSR count). The van der Waals surface area contributed by atoms with Crippen LogP contribution in [-0.2, 0) is 0 Å². The molecule has 0 bridgehead atoms. The maximum atomic E-state index is 5.59. The van der Waals surface area contributed by atoms with E-state index in [-0.39, 0.29) is 23.9 Å². The molecule has 0 unspecified atom stereocenters. The zero-order chi connectivity index (χ0) is 10.4. The van der Waals surface area contributed by atoms with E-state index in [0.29, 0.717) is 6.61 Å². The lowest BCUT2D eigenvalue weighted by Crippen LogP contribution is -2.04. The van der Waals surface area contributed by atoms with Gasteiger partial charge in [-0.2, -0.15) is 9.97 Å². The smallest absolute Gasteiger partial charge is 0.324 e. The second-order valence-electron chi connectivity index (χ2n) is 2.10. The van der Waals surface area contributed by atoms with Crippen LogP contribution in [0.4, 0.5) is 0 Å². The van der Waals surface area contributed by atoms with E-state index >= 15 is 0 Å². The number of rotatable bonds is 4. The molecular weight excluding hydrogens is 206 g/mol. The highest BCUT2D eigenvalue weighted by Gasteiger charge is 2.05. The number of hydrogen-bond acceptors (Lipinski definition) is 5. The van der Waals surface area contributed by atoms with Gasteiger partial charge in [0, 0.05) is 0 Å². The molecule has 1 heterocycles. The highest BCUT2D eigenvalue weighted by atomic mass is 35.5. The van der Waals surface area contributed by atoms with Crippen LogP contribution in [0.2, 0.25) is 5.28 Å². The zero-order valence-corrected chi connectivity index (χ0v) is 8.28. The van der Waals surface area contributed by atoms with Crippen LogP contribution in [0.15, 0.2) is 0 Å². The molecule has 0 saturated carbocycles. The van der Waals surface area contributed by atoms with Crippen molar-refractivity contribution in [1.29, 1.82) is 0 Å². The summed E-state index contributed by atoms with van der Waals surface area (Å²) in [5, 5.41) is 0.00970. The van der Waals surface area contributed by atoms with Crippen molar-refractivity contribution in [3.63, 3.8) is 0 Å². The fourth-order valence-corrected chi connectivity index (χ4v) is 0.824. The Bertz CT molecular complexity index is 351. The third-order valence-electron chi connectivity index (χ3n) is 1.13. The molecule has 1 aromatic heterocycles. The first-order valence-electron chi connectivity index (χ1n) is 3.87. The van der Waals surface area contributed by atoms with Gasteiger partial charge in [-0.25, -0.2) is 0 Å². The van der Waals surface area contributed by atoms with Gasteiger partial charge < -0.3 is 9.47 Å². The first kappa shape index (κ1) is 10.5. The minimum absolute atomic E-state index is 0.00970. The van der Waals surface area contributed by atoms with Crippen LogP contribution in [0.5, 0.6) is 12.0 Å². The second kappa shape index (κ2) is 5.25. The van der Waals surface area contributed by atoms with Gasteiger partial charge in [0.2, 0.25) is 5.28 Å². The molecule has 0 radical (unpaired) electrons. The summed E-state index contributed by atoms with van der Waals surface area (Å²) in [5.74, 6) is 2.28. The Morgan fingerprint density at radius 3 is 2.50 bits per heavy atom. The maximum absolute atomic E-state index is 5.59. The number of terminal acetylenes is 1. The second-order valence-corrected chi connectivity index (χ2v) is 2.43. The molecule has 14 heavy (non-hydrogen) atoms. The maximum Gasteiger partial charge on any atom is 0.324 e. The molecule has 74 valence electrons. The van der Waals surface area contributed by atoms with Gasteiger partial charge in [-0.05, 0) is 18.5 Å². The minimum atomic E-state index is 0.00970. The highest BCUT2D eigenvalue weighted by Crippen LogP contribution is 2.12. The minimum Gasteiger partial charge on any atom is -0.464 e. The Morgan fingerprint density at radius 1 is 1.29 bits per heavy atom. The standard InChI is InChI=1S/C8H8ClN3O2/c1-3-5-14-8-11-6(9)10-7(12-8)13-4-2/h1H,4-5H2,2H3. The summed E-state index contributed by atoms with van der Waals surface area (Å²) < 4.78 is 9.99. The van der Waals surface area contributed by atoms with E-state index in [0.717, 1.165) is 0 Å². The molecule has 0 aromatic carbocycles. The molecule has 0 aliphatic heterocycles. The van der Waals surface area contributed by atoms with Crippen LogP contribution in [0.3, 0.4) is 0 Å². The Balaban J connectivity index is 2.79. The van der Waals surface area contributed by atoms with Crippen molar-refractivity contribution in [2.75, 3.05) is 13.2 Å². The van der Waals surface area contributed by atoms with Gasteiger partial charge >= 0.3 is 12.0 Å². The average molecular weight is 214 g/mol. The van der Waals surface area contributed by atoms with Crippen LogP contribution in [-0.4, -0.2) is 28.2 Å². The van der Waals surface area contributed by atoms with Gasteiger partial charge in [-0.3, -0.25) is 0 Å². The molecule has 1 aromatic rings. The van der Waals surface area contributed by atoms with E-state index in [1.165, 1.54) is 0 Å². The van der Waals surface area contributed by atoms with E-state index in [9.17, 15) is 0 Å². The first-order valence-corrected chi connectivity index (χ1v) is 4.24. The Morgan fingerprint density at radius 2 is 1.93 bits per heavy atom. The van der Waals surface area contributed by atoms with Gasteiger partial charge in [0.15, 0.2) is 6.61 Å². The first-order chi connectivity index (χ1) is 6.76. The van der Waals surface area contributed by atoms with Crippen LogP contribution in [0.25, 0.3) is 0 Å². The van der Waals surface area contributed by atoms with Crippen LogP contribution in [0, 0.1) is 12.3 Å². The summed E-state index contributed by atoms with van der Waals surface area (Å²) >= 11 is 5.59. The fourth-order valence-electron chi connectivity index (χ4n) is 0.679. The molecule has 0 atom stereocenters. The molecule has 5 nitrogen and oxygen atoms in total. The predicted octanol–water partition coefficient (Wildman–Crippen LogP) is 0.936. The number of ether oxygens (including phenoxy) is 2. The van der Waals surface area contributed by atoms with E-state index < -0.39 is 0 Å². The number of hydrogen-bond donors (Lipinski definition) is 0. The lowest BCUT2D eigenvalue weighted by molar-refractivity contribution is 0.289. The fraction of sp³-hybridized carbons (Fsp3) is 0.375. The number of aromatic nitrogens is 3. The highest BCUT2D eigenvalue weighted by molar-refractivity contribution is 6.28. The molecule has 0 saturated heterocycles. The lowest BCUT2D eigenvalue weighted by Gasteiger charge is -2.03. The van der Waals surface area contributed by atoms with E-state index in [4.69, 9.17) is 27.5 Å². The average Bonchev–Trinajstić information content (AvgIpc) is 2.14. The summed E-state index contributed by atoms with van der Waals surface area (Å²) in [4.78, 5) is 11.2. The van der Waals surface area contributed by atoms with E-state index in [1.807, 2.05) is 0 Å². The SMILES string of the molecule is C#CCOc1nc(Cl)nc(OCC)n1. The van der Waals surface area contributed by atoms with Gasteiger partial charge in [-0.15, -0.1) is 11.4 Å². The molecule has 0 N–H and O–H groups in total. The predicted molar refractivity (Wildman–Crippen MR) is 50.3 cm³/mol. The summed E-state index contributed by atoms with van der Waals surface area (Å²) in [6.07, 6.45) is 5.00. The van der Waals surface area contributed by atoms with Crippen molar-refractivity contribution in [2.45, 2.75) is 6.92 Å². The number of halogens is 1. The quantitative estimate of drug-likeness (QED) is 0.697. The molecular formula is C8H8ClN3O2. The Kier molecular flexibility index (Phi) is 3.95. The van der Waals surface area contributed by atoms with Crippen molar-refractivity contribution in [3.05, 3.63) is 5.28 Å². The Hall–Kier alpha value is -1.54.